The Kier molecular flexibility index (Phi) is 2.89. The molecule has 0 aliphatic heterocycles. The van der Waals surface area contributed by atoms with E-state index in [2.05, 4.69) is 4.74 Å². The first-order valence-corrected chi connectivity index (χ1v) is 3.84. The van der Waals surface area contributed by atoms with Gasteiger partial charge in [0.1, 0.15) is 5.56 Å². The molecular formula is C8H5ClF4O. The number of methoxy groups -OCH3 is 1. The van der Waals surface area contributed by atoms with Gasteiger partial charge in [0, 0.05) is 5.02 Å². The van der Waals surface area contributed by atoms with Gasteiger partial charge >= 0.3 is 6.18 Å². The lowest BCUT2D eigenvalue weighted by Crippen LogP contribution is -2.08. The summed E-state index contributed by atoms with van der Waals surface area (Å²) < 4.78 is 54.1. The minimum atomic E-state index is -4.68. The van der Waals surface area contributed by atoms with Crippen molar-refractivity contribution < 1.29 is 22.3 Å². The molecule has 0 saturated heterocycles. The zero-order valence-electron chi connectivity index (χ0n) is 6.95. The fourth-order valence-corrected chi connectivity index (χ4v) is 1.18. The molecule has 0 aromatic heterocycles. The molecule has 0 N–H and O–H groups in total. The fraction of sp³-hybridized carbons (Fsp3) is 0.250. The van der Waals surface area contributed by atoms with Crippen LogP contribution in [0.4, 0.5) is 17.6 Å². The first-order chi connectivity index (χ1) is 6.36. The summed E-state index contributed by atoms with van der Waals surface area (Å²) in [5.74, 6) is -1.98. The van der Waals surface area contributed by atoms with E-state index in [-0.39, 0.29) is 5.02 Å². The second kappa shape index (κ2) is 3.65. The minimum absolute atomic E-state index is 0.323. The van der Waals surface area contributed by atoms with Crippen molar-refractivity contribution in [3.63, 3.8) is 0 Å². The maximum atomic E-state index is 12.9. The molecule has 0 unspecified atom stereocenters. The summed E-state index contributed by atoms with van der Waals surface area (Å²) >= 11 is 5.29. The van der Waals surface area contributed by atoms with E-state index in [0.29, 0.717) is 6.07 Å². The van der Waals surface area contributed by atoms with Gasteiger partial charge in [-0.2, -0.15) is 13.2 Å². The van der Waals surface area contributed by atoms with Crippen molar-refractivity contribution in [2.45, 2.75) is 6.18 Å². The zero-order valence-corrected chi connectivity index (χ0v) is 7.71. The molecule has 14 heavy (non-hydrogen) atoms. The maximum absolute atomic E-state index is 12.9. The number of alkyl halides is 3. The molecule has 6 heteroatoms. The molecule has 0 fully saturated rings. The lowest BCUT2D eigenvalue weighted by molar-refractivity contribution is -0.139. The summed E-state index contributed by atoms with van der Waals surface area (Å²) in [6.07, 6.45) is -4.68. The van der Waals surface area contributed by atoms with E-state index in [1.807, 2.05) is 0 Å². The van der Waals surface area contributed by atoms with E-state index in [1.54, 1.807) is 0 Å². The van der Waals surface area contributed by atoms with Crippen molar-refractivity contribution in [1.82, 2.24) is 0 Å². The first-order valence-electron chi connectivity index (χ1n) is 3.46. The van der Waals surface area contributed by atoms with Gasteiger partial charge in [-0.1, -0.05) is 11.6 Å². The molecule has 78 valence electrons. The average Bonchev–Trinajstić information content (AvgIpc) is 2.01. The van der Waals surface area contributed by atoms with Gasteiger partial charge in [-0.3, -0.25) is 0 Å². The fourth-order valence-electron chi connectivity index (χ4n) is 0.978. The molecule has 0 heterocycles. The predicted octanol–water partition coefficient (Wildman–Crippen LogP) is 3.51. The Morgan fingerprint density at radius 2 is 1.86 bits per heavy atom. The van der Waals surface area contributed by atoms with Crippen molar-refractivity contribution >= 4 is 11.6 Å². The molecule has 0 spiro atoms. The van der Waals surface area contributed by atoms with E-state index in [0.717, 1.165) is 13.2 Å². The van der Waals surface area contributed by atoms with E-state index in [1.165, 1.54) is 0 Å². The van der Waals surface area contributed by atoms with E-state index >= 15 is 0 Å². The van der Waals surface area contributed by atoms with Gasteiger partial charge in [-0.15, -0.1) is 0 Å². The quantitative estimate of drug-likeness (QED) is 0.669. The van der Waals surface area contributed by atoms with Gasteiger partial charge in [0.2, 0.25) is 0 Å². The van der Waals surface area contributed by atoms with Crippen LogP contribution in [0.5, 0.6) is 5.75 Å². The van der Waals surface area contributed by atoms with Gasteiger partial charge < -0.3 is 4.74 Å². The normalized spacial score (nSPS) is 11.6. The average molecular weight is 229 g/mol. The van der Waals surface area contributed by atoms with Crippen LogP contribution in [0.3, 0.4) is 0 Å². The minimum Gasteiger partial charge on any atom is -0.493 e. The summed E-state index contributed by atoms with van der Waals surface area (Å²) in [6.45, 7) is 0. The third-order valence-electron chi connectivity index (χ3n) is 1.52. The van der Waals surface area contributed by atoms with E-state index in [4.69, 9.17) is 11.6 Å². The predicted molar refractivity (Wildman–Crippen MR) is 43.0 cm³/mol. The topological polar surface area (TPSA) is 9.23 Å². The van der Waals surface area contributed by atoms with Crippen LogP contribution in [0.25, 0.3) is 0 Å². The highest BCUT2D eigenvalue weighted by atomic mass is 35.5. The van der Waals surface area contributed by atoms with Gasteiger partial charge in [-0.25, -0.2) is 4.39 Å². The zero-order chi connectivity index (χ0) is 10.9. The molecule has 0 amide bonds. The molecule has 0 saturated carbocycles. The Morgan fingerprint density at radius 3 is 2.29 bits per heavy atom. The third kappa shape index (κ3) is 2.09. The van der Waals surface area contributed by atoms with Crippen LogP contribution < -0.4 is 4.74 Å². The largest absolute Gasteiger partial charge is 0.493 e. The molecule has 1 nitrogen and oxygen atoms in total. The van der Waals surface area contributed by atoms with Gasteiger partial charge in [-0.05, 0) is 12.1 Å². The van der Waals surface area contributed by atoms with Gasteiger partial charge in [0.05, 0.1) is 7.11 Å². The smallest absolute Gasteiger partial charge is 0.420 e. The Labute approximate surface area is 82.2 Å². The molecule has 1 aromatic carbocycles. The van der Waals surface area contributed by atoms with Crippen molar-refractivity contribution in [1.29, 1.82) is 0 Å². The Hall–Kier alpha value is -0.970. The molecule has 0 atom stereocenters. The first kappa shape index (κ1) is 11.1. The van der Waals surface area contributed by atoms with Crippen molar-refractivity contribution in [2.75, 3.05) is 7.11 Å². The van der Waals surface area contributed by atoms with Crippen molar-refractivity contribution in [2.24, 2.45) is 0 Å². The van der Waals surface area contributed by atoms with Crippen LogP contribution in [-0.4, -0.2) is 7.11 Å². The second-order valence-electron chi connectivity index (χ2n) is 2.47. The van der Waals surface area contributed by atoms with Crippen molar-refractivity contribution in [3.05, 3.63) is 28.5 Å². The summed E-state index contributed by atoms with van der Waals surface area (Å²) in [5, 5.41) is -0.323. The number of rotatable bonds is 1. The number of benzene rings is 1. The molecule has 0 radical (unpaired) electrons. The summed E-state index contributed by atoms with van der Waals surface area (Å²) in [4.78, 5) is 0. The van der Waals surface area contributed by atoms with E-state index in [9.17, 15) is 17.6 Å². The molecule has 1 rings (SSSR count). The summed E-state index contributed by atoms with van der Waals surface area (Å²) in [6, 6.07) is 1.37. The lowest BCUT2D eigenvalue weighted by Gasteiger charge is -2.12. The number of hydrogen-bond acceptors (Lipinski definition) is 1. The standard InChI is InChI=1S/C8H5ClF4O/c1-14-7-5(8(11,12)13)2-4(9)3-6(7)10/h2-3H,1H3. The lowest BCUT2D eigenvalue weighted by atomic mass is 10.2. The van der Waals surface area contributed by atoms with Crippen molar-refractivity contribution in [3.8, 4) is 5.75 Å². The highest BCUT2D eigenvalue weighted by molar-refractivity contribution is 6.30. The van der Waals surface area contributed by atoms with Crippen LogP contribution in [-0.2, 0) is 6.18 Å². The highest BCUT2D eigenvalue weighted by Crippen LogP contribution is 2.39. The van der Waals surface area contributed by atoms with Crippen LogP contribution >= 0.6 is 11.6 Å². The van der Waals surface area contributed by atoms with Gasteiger partial charge in [0.25, 0.3) is 0 Å². The number of halogens is 5. The molecule has 0 bridgehead atoms. The highest BCUT2D eigenvalue weighted by Gasteiger charge is 2.36. The Morgan fingerprint density at radius 1 is 1.29 bits per heavy atom. The van der Waals surface area contributed by atoms with Crippen LogP contribution in [0.2, 0.25) is 5.02 Å². The maximum Gasteiger partial charge on any atom is 0.420 e. The van der Waals surface area contributed by atoms with Crippen LogP contribution in [0.1, 0.15) is 5.56 Å². The van der Waals surface area contributed by atoms with Crippen LogP contribution in [0.15, 0.2) is 12.1 Å². The Balaban J connectivity index is 3.40. The summed E-state index contributed by atoms with van der Waals surface area (Å²) in [7, 11) is 0.960. The molecule has 0 aliphatic carbocycles. The monoisotopic (exact) mass is 228 g/mol. The number of hydrogen-bond donors (Lipinski definition) is 0. The number of ether oxygens (including phenoxy) is 1. The summed E-state index contributed by atoms with van der Waals surface area (Å²) in [5.41, 5.74) is -1.22. The molecular weight excluding hydrogens is 224 g/mol. The third-order valence-corrected chi connectivity index (χ3v) is 1.74. The van der Waals surface area contributed by atoms with Crippen LogP contribution in [0, 0.1) is 5.82 Å². The molecule has 1 aromatic rings. The Bertz CT molecular complexity index is 348. The van der Waals surface area contributed by atoms with Gasteiger partial charge in [0.15, 0.2) is 11.6 Å². The second-order valence-corrected chi connectivity index (χ2v) is 2.90. The SMILES string of the molecule is COc1c(F)cc(Cl)cc1C(F)(F)F. The van der Waals surface area contributed by atoms with E-state index < -0.39 is 23.3 Å². The molecule has 0 aliphatic rings.